The van der Waals surface area contributed by atoms with Crippen LogP contribution in [0.25, 0.3) is 0 Å². The highest BCUT2D eigenvalue weighted by molar-refractivity contribution is 7.54. The Morgan fingerprint density at radius 3 is 2.21 bits per heavy atom. The van der Waals surface area contributed by atoms with Crippen molar-refractivity contribution in [3.8, 4) is 5.75 Å². The molecule has 130 valence electrons. The van der Waals surface area contributed by atoms with E-state index in [2.05, 4.69) is 15.3 Å². The molecule has 2 aromatic rings. The maximum Gasteiger partial charge on any atom is 0.356 e. The fourth-order valence-corrected chi connectivity index (χ4v) is 3.49. The average Bonchev–Trinajstić information content (AvgIpc) is 2.60. The first-order chi connectivity index (χ1) is 11.4. The first kappa shape index (κ1) is 18.0. The van der Waals surface area contributed by atoms with Crippen LogP contribution in [0.4, 0.5) is 5.69 Å². The van der Waals surface area contributed by atoms with E-state index >= 15 is 0 Å². The fraction of sp³-hybridized carbons (Fsp3) is 0.286. The van der Waals surface area contributed by atoms with E-state index in [1.807, 2.05) is 0 Å². The van der Waals surface area contributed by atoms with Crippen LogP contribution < -0.4 is 21.3 Å². The van der Waals surface area contributed by atoms with Crippen molar-refractivity contribution in [2.24, 2.45) is 0 Å². The van der Waals surface area contributed by atoms with E-state index in [1.54, 1.807) is 24.3 Å². The fourth-order valence-electron chi connectivity index (χ4n) is 2.08. The highest BCUT2D eigenvalue weighted by atomic mass is 31.2. The maximum atomic E-state index is 12.8. The lowest BCUT2D eigenvalue weighted by Gasteiger charge is -2.25. The molecule has 3 N–H and O–H groups in total. The van der Waals surface area contributed by atoms with Crippen LogP contribution in [0.15, 0.2) is 40.1 Å². The standard InChI is InChI=1S/C14H18N3O6P/c1-21-10-6-4-9(5-7-10)16-13(24(20,22-2)23-3)11-8-15-14(19)17-12(11)18/h4-8,13,16H,1-3H3,(H2,15,17,18,19). The van der Waals surface area contributed by atoms with Crippen LogP contribution in [0.5, 0.6) is 5.75 Å². The maximum absolute atomic E-state index is 12.8. The zero-order valence-electron chi connectivity index (χ0n) is 13.4. The molecular weight excluding hydrogens is 337 g/mol. The molecule has 24 heavy (non-hydrogen) atoms. The Hall–Kier alpha value is -2.35. The summed E-state index contributed by atoms with van der Waals surface area (Å²) in [6, 6.07) is 6.75. The lowest BCUT2D eigenvalue weighted by Crippen LogP contribution is -2.29. The summed E-state index contributed by atoms with van der Waals surface area (Å²) < 4.78 is 27.9. The second-order valence-electron chi connectivity index (χ2n) is 4.71. The highest BCUT2D eigenvalue weighted by Crippen LogP contribution is 2.59. The number of hydrogen-bond acceptors (Lipinski definition) is 7. The number of aromatic nitrogens is 2. The van der Waals surface area contributed by atoms with Gasteiger partial charge >= 0.3 is 13.3 Å². The molecule has 0 aliphatic heterocycles. The van der Waals surface area contributed by atoms with Gasteiger partial charge in [0.05, 0.1) is 12.7 Å². The number of nitrogens with one attached hydrogen (secondary N) is 3. The molecule has 9 nitrogen and oxygen atoms in total. The first-order valence-corrected chi connectivity index (χ1v) is 8.48. The topological polar surface area (TPSA) is 123 Å². The van der Waals surface area contributed by atoms with Crippen LogP contribution in [0.2, 0.25) is 0 Å². The van der Waals surface area contributed by atoms with Crippen LogP contribution in [0.3, 0.4) is 0 Å². The predicted octanol–water partition coefficient (Wildman–Crippen LogP) is 1.67. The van der Waals surface area contributed by atoms with E-state index in [1.165, 1.54) is 27.5 Å². The molecule has 0 bridgehead atoms. The largest absolute Gasteiger partial charge is 0.497 e. The van der Waals surface area contributed by atoms with Crippen molar-refractivity contribution in [3.63, 3.8) is 0 Å². The number of rotatable bonds is 7. The van der Waals surface area contributed by atoms with Crippen molar-refractivity contribution in [3.05, 3.63) is 56.9 Å². The number of methoxy groups -OCH3 is 1. The molecule has 0 spiro atoms. The van der Waals surface area contributed by atoms with Crippen LogP contribution in [-0.4, -0.2) is 31.3 Å². The second kappa shape index (κ2) is 7.48. The minimum atomic E-state index is -3.72. The molecule has 0 aliphatic rings. The number of anilines is 1. The summed E-state index contributed by atoms with van der Waals surface area (Å²) in [6.07, 6.45) is 1.17. The minimum absolute atomic E-state index is 0.0115. The Morgan fingerprint density at radius 2 is 1.71 bits per heavy atom. The van der Waals surface area contributed by atoms with E-state index in [9.17, 15) is 14.2 Å². The number of benzene rings is 1. The smallest absolute Gasteiger partial charge is 0.356 e. The zero-order valence-corrected chi connectivity index (χ0v) is 14.3. The van der Waals surface area contributed by atoms with Crippen molar-refractivity contribution in [2.75, 3.05) is 26.6 Å². The summed E-state index contributed by atoms with van der Waals surface area (Å²) in [5.41, 5.74) is -0.797. The van der Waals surface area contributed by atoms with Gasteiger partial charge in [-0.1, -0.05) is 0 Å². The Bertz CT molecular complexity index is 837. The molecule has 1 unspecified atom stereocenters. The number of hydrogen-bond donors (Lipinski definition) is 3. The molecular formula is C14H18N3O6P. The monoisotopic (exact) mass is 355 g/mol. The van der Waals surface area contributed by atoms with E-state index in [-0.39, 0.29) is 5.56 Å². The number of H-pyrrole nitrogens is 2. The predicted molar refractivity (Wildman–Crippen MR) is 88.7 cm³/mol. The van der Waals surface area contributed by atoms with E-state index in [0.717, 1.165) is 0 Å². The highest BCUT2D eigenvalue weighted by Gasteiger charge is 2.37. The molecule has 10 heteroatoms. The van der Waals surface area contributed by atoms with Gasteiger partial charge < -0.3 is 24.1 Å². The Morgan fingerprint density at radius 1 is 1.08 bits per heavy atom. The normalized spacial score (nSPS) is 12.6. The third kappa shape index (κ3) is 3.76. The van der Waals surface area contributed by atoms with Gasteiger partial charge in [-0.3, -0.25) is 14.3 Å². The average molecular weight is 355 g/mol. The van der Waals surface area contributed by atoms with Crippen LogP contribution in [0.1, 0.15) is 11.3 Å². The molecule has 1 heterocycles. The van der Waals surface area contributed by atoms with E-state index in [4.69, 9.17) is 13.8 Å². The summed E-state index contributed by atoms with van der Waals surface area (Å²) >= 11 is 0. The summed E-state index contributed by atoms with van der Waals surface area (Å²) in [7, 11) is 0.243. The van der Waals surface area contributed by atoms with Gasteiger partial charge in [0.2, 0.25) is 0 Å². The summed E-state index contributed by atoms with van der Waals surface area (Å²) in [6.45, 7) is 0. The van der Waals surface area contributed by atoms with Gasteiger partial charge in [-0.05, 0) is 24.3 Å². The van der Waals surface area contributed by atoms with Gasteiger partial charge in [-0.2, -0.15) is 0 Å². The molecule has 1 aromatic carbocycles. The zero-order chi connectivity index (χ0) is 17.7. The first-order valence-electron chi connectivity index (χ1n) is 6.87. The Labute approximate surface area is 137 Å². The van der Waals surface area contributed by atoms with Gasteiger partial charge in [0.1, 0.15) is 5.75 Å². The number of ether oxygens (including phenoxy) is 1. The van der Waals surface area contributed by atoms with Crippen molar-refractivity contribution in [2.45, 2.75) is 5.78 Å². The van der Waals surface area contributed by atoms with Gasteiger partial charge in [0.15, 0.2) is 5.78 Å². The van der Waals surface area contributed by atoms with Crippen molar-refractivity contribution >= 4 is 13.3 Å². The lowest BCUT2D eigenvalue weighted by molar-refractivity contribution is 0.268. The minimum Gasteiger partial charge on any atom is -0.497 e. The van der Waals surface area contributed by atoms with Crippen LogP contribution in [-0.2, 0) is 13.6 Å². The molecule has 0 radical (unpaired) electrons. The quantitative estimate of drug-likeness (QED) is 0.646. The van der Waals surface area contributed by atoms with Crippen molar-refractivity contribution < 1.29 is 18.3 Å². The van der Waals surface area contributed by atoms with Gasteiger partial charge in [0, 0.05) is 26.1 Å². The molecule has 2 rings (SSSR count). The van der Waals surface area contributed by atoms with E-state index < -0.39 is 24.6 Å². The van der Waals surface area contributed by atoms with Gasteiger partial charge in [0.25, 0.3) is 5.56 Å². The molecule has 0 aliphatic carbocycles. The Balaban J connectivity index is 2.48. The van der Waals surface area contributed by atoms with Gasteiger partial charge in [-0.15, -0.1) is 0 Å². The Kier molecular flexibility index (Phi) is 5.61. The lowest BCUT2D eigenvalue weighted by atomic mass is 10.2. The second-order valence-corrected chi connectivity index (χ2v) is 7.03. The molecule has 0 saturated heterocycles. The summed E-state index contributed by atoms with van der Waals surface area (Å²) in [4.78, 5) is 27.7. The molecule has 1 atom stereocenters. The van der Waals surface area contributed by atoms with Crippen LogP contribution in [0, 0.1) is 0 Å². The van der Waals surface area contributed by atoms with Crippen molar-refractivity contribution in [1.82, 2.24) is 9.97 Å². The third-order valence-electron chi connectivity index (χ3n) is 3.36. The molecule has 0 saturated carbocycles. The van der Waals surface area contributed by atoms with Gasteiger partial charge in [-0.25, -0.2) is 4.79 Å². The third-order valence-corrected chi connectivity index (χ3v) is 5.42. The number of aromatic amines is 2. The SMILES string of the molecule is COc1ccc(NC(c2c[nH]c(=O)[nH]c2=O)P(=O)(OC)OC)cc1. The summed E-state index contributed by atoms with van der Waals surface area (Å²) in [5.74, 6) is -0.484. The molecule has 1 aromatic heterocycles. The van der Waals surface area contributed by atoms with Crippen LogP contribution >= 0.6 is 7.60 Å². The van der Waals surface area contributed by atoms with E-state index in [0.29, 0.717) is 11.4 Å². The van der Waals surface area contributed by atoms with Crippen molar-refractivity contribution in [1.29, 1.82) is 0 Å². The molecule has 0 amide bonds. The molecule has 0 fully saturated rings. The summed E-state index contributed by atoms with van der Waals surface area (Å²) in [5, 5.41) is 2.94.